The molecule has 27 heavy (non-hydrogen) atoms. The van der Waals surface area contributed by atoms with Crippen LogP contribution in [-0.4, -0.2) is 34.2 Å². The van der Waals surface area contributed by atoms with Crippen molar-refractivity contribution in [1.29, 1.82) is 0 Å². The van der Waals surface area contributed by atoms with Crippen LogP contribution in [0.1, 0.15) is 50.5 Å². The maximum Gasteiger partial charge on any atom is 0.357 e. The summed E-state index contributed by atoms with van der Waals surface area (Å²) in [5.41, 5.74) is 1.79. The second kappa shape index (κ2) is 8.37. The highest BCUT2D eigenvalue weighted by atomic mass is 16.5. The van der Waals surface area contributed by atoms with Crippen LogP contribution in [0.15, 0.2) is 36.4 Å². The number of benzene rings is 1. The summed E-state index contributed by atoms with van der Waals surface area (Å²) < 4.78 is 5.33. The van der Waals surface area contributed by atoms with E-state index in [0.717, 1.165) is 18.4 Å². The molecule has 0 unspecified atom stereocenters. The predicted octanol–water partition coefficient (Wildman–Crippen LogP) is 3.56. The average Bonchev–Trinajstić information content (AvgIpc) is 3.16. The quantitative estimate of drug-likeness (QED) is 0.789. The lowest BCUT2D eigenvalue weighted by Crippen LogP contribution is -2.47. The molecule has 4 atom stereocenters. The number of rotatable bonds is 5. The predicted molar refractivity (Wildman–Crippen MR) is 103 cm³/mol. The minimum Gasteiger partial charge on any atom is -0.448 e. The highest BCUT2D eigenvalue weighted by molar-refractivity contribution is 5.91. The molecule has 1 heterocycles. The van der Waals surface area contributed by atoms with Gasteiger partial charge in [0.1, 0.15) is 5.69 Å². The Morgan fingerprint density at radius 1 is 1.22 bits per heavy atom. The number of carbonyl (C=O) groups is 2. The van der Waals surface area contributed by atoms with Crippen LogP contribution in [0, 0.1) is 11.8 Å². The molecule has 1 aliphatic rings. The molecule has 6 heteroatoms. The first kappa shape index (κ1) is 19.1. The van der Waals surface area contributed by atoms with Crippen LogP contribution in [0.3, 0.4) is 0 Å². The van der Waals surface area contributed by atoms with Gasteiger partial charge in [-0.15, -0.1) is 0 Å². The number of carbonyl (C=O) groups excluding carboxylic acids is 2. The van der Waals surface area contributed by atoms with Crippen molar-refractivity contribution >= 4 is 11.9 Å². The monoisotopic (exact) mass is 369 g/mol. The van der Waals surface area contributed by atoms with Crippen molar-refractivity contribution in [3.05, 3.63) is 42.1 Å². The molecule has 144 valence electrons. The van der Waals surface area contributed by atoms with Gasteiger partial charge in [0.25, 0.3) is 5.91 Å². The molecule has 2 aromatic rings. The molecule has 0 spiro atoms. The normalized spacial score (nSPS) is 23.4. The van der Waals surface area contributed by atoms with Crippen molar-refractivity contribution in [2.45, 2.75) is 52.2 Å². The third kappa shape index (κ3) is 4.56. The minimum atomic E-state index is -0.856. The SMILES string of the molecule is C[C@@H]1[C@H](C)CCC[C@@H]1NC(=O)[C@@H](C)OC(=O)c1cc(-c2ccccc2)n[nH]1. The number of aromatic nitrogens is 2. The fraction of sp³-hybridized carbons (Fsp3) is 0.476. The summed E-state index contributed by atoms with van der Waals surface area (Å²) in [4.78, 5) is 24.8. The number of ether oxygens (including phenoxy) is 1. The Morgan fingerprint density at radius 2 is 1.96 bits per heavy atom. The van der Waals surface area contributed by atoms with Crippen LogP contribution in [0.25, 0.3) is 11.3 Å². The van der Waals surface area contributed by atoms with Crippen molar-refractivity contribution in [2.75, 3.05) is 0 Å². The number of nitrogens with one attached hydrogen (secondary N) is 2. The Morgan fingerprint density at radius 3 is 2.70 bits per heavy atom. The van der Waals surface area contributed by atoms with Crippen molar-refractivity contribution in [3.63, 3.8) is 0 Å². The van der Waals surface area contributed by atoms with Gasteiger partial charge in [-0.2, -0.15) is 5.10 Å². The number of H-pyrrole nitrogens is 1. The van der Waals surface area contributed by atoms with Crippen LogP contribution >= 0.6 is 0 Å². The number of nitrogens with zero attached hydrogens (tertiary/aromatic N) is 1. The smallest absolute Gasteiger partial charge is 0.357 e. The molecule has 1 saturated carbocycles. The van der Waals surface area contributed by atoms with E-state index in [1.165, 1.54) is 6.42 Å². The molecule has 1 aromatic heterocycles. The number of hydrogen-bond donors (Lipinski definition) is 2. The van der Waals surface area contributed by atoms with E-state index in [9.17, 15) is 9.59 Å². The van der Waals surface area contributed by atoms with E-state index < -0.39 is 12.1 Å². The molecule has 1 aliphatic carbocycles. The van der Waals surface area contributed by atoms with Gasteiger partial charge in [-0.3, -0.25) is 9.89 Å². The summed E-state index contributed by atoms with van der Waals surface area (Å²) in [5.74, 6) is 0.171. The van der Waals surface area contributed by atoms with Crippen molar-refractivity contribution in [3.8, 4) is 11.3 Å². The number of aromatic amines is 1. The standard InChI is InChI=1S/C21H27N3O3/c1-13-8-7-11-17(14(13)2)22-20(25)15(3)27-21(26)19-12-18(23-24-19)16-9-5-4-6-10-16/h4-6,9-10,12-15,17H,7-8,11H2,1-3H3,(H,22,25)(H,23,24)/t13-,14-,15-,17+/m1/s1. The van der Waals surface area contributed by atoms with Gasteiger partial charge >= 0.3 is 5.97 Å². The number of esters is 1. The molecule has 6 nitrogen and oxygen atoms in total. The second-order valence-corrected chi connectivity index (χ2v) is 7.46. The summed E-state index contributed by atoms with van der Waals surface area (Å²) in [5, 5.41) is 9.88. The second-order valence-electron chi connectivity index (χ2n) is 7.46. The highest BCUT2D eigenvalue weighted by Crippen LogP contribution is 2.29. The lowest BCUT2D eigenvalue weighted by atomic mass is 9.78. The molecule has 0 bridgehead atoms. The van der Waals surface area contributed by atoms with Crippen LogP contribution < -0.4 is 5.32 Å². The van der Waals surface area contributed by atoms with E-state index in [1.54, 1.807) is 13.0 Å². The molecule has 2 N–H and O–H groups in total. The summed E-state index contributed by atoms with van der Waals surface area (Å²) in [6, 6.07) is 11.3. The van der Waals surface area contributed by atoms with Crippen LogP contribution in [-0.2, 0) is 9.53 Å². The molecule has 1 fully saturated rings. The molecule has 0 radical (unpaired) electrons. The number of amides is 1. The van der Waals surface area contributed by atoms with Gasteiger partial charge in [-0.1, -0.05) is 57.0 Å². The lowest BCUT2D eigenvalue weighted by molar-refractivity contribution is -0.130. The van der Waals surface area contributed by atoms with E-state index in [4.69, 9.17) is 4.74 Å². The Labute approximate surface area is 159 Å². The summed E-state index contributed by atoms with van der Waals surface area (Å²) in [7, 11) is 0. The summed E-state index contributed by atoms with van der Waals surface area (Å²) in [6.07, 6.45) is 2.42. The third-order valence-electron chi connectivity index (χ3n) is 5.55. The van der Waals surface area contributed by atoms with Crippen molar-refractivity contribution in [1.82, 2.24) is 15.5 Å². The molecule has 0 aliphatic heterocycles. The first-order valence-corrected chi connectivity index (χ1v) is 9.58. The van der Waals surface area contributed by atoms with Crippen molar-refractivity contribution in [2.24, 2.45) is 11.8 Å². The molecule has 3 rings (SSSR count). The topological polar surface area (TPSA) is 84.1 Å². The lowest BCUT2D eigenvalue weighted by Gasteiger charge is -2.35. The van der Waals surface area contributed by atoms with E-state index >= 15 is 0 Å². The van der Waals surface area contributed by atoms with E-state index in [2.05, 4.69) is 29.4 Å². The molecule has 1 aromatic carbocycles. The van der Waals surface area contributed by atoms with Gasteiger partial charge in [-0.25, -0.2) is 4.79 Å². The van der Waals surface area contributed by atoms with Gasteiger partial charge in [0.05, 0.1) is 5.69 Å². The Bertz CT molecular complexity index is 787. The van der Waals surface area contributed by atoms with Crippen LogP contribution in [0.4, 0.5) is 0 Å². The Hall–Kier alpha value is -2.63. The van der Waals surface area contributed by atoms with Gasteiger partial charge in [0.15, 0.2) is 6.10 Å². The third-order valence-corrected chi connectivity index (χ3v) is 5.55. The van der Waals surface area contributed by atoms with Crippen molar-refractivity contribution < 1.29 is 14.3 Å². The van der Waals surface area contributed by atoms with Gasteiger partial charge < -0.3 is 10.1 Å². The summed E-state index contributed by atoms with van der Waals surface area (Å²) >= 11 is 0. The fourth-order valence-electron chi connectivity index (χ4n) is 3.55. The Kier molecular flexibility index (Phi) is 5.94. The van der Waals surface area contributed by atoms with E-state index in [1.807, 2.05) is 30.3 Å². The molecular formula is C21H27N3O3. The maximum absolute atomic E-state index is 12.4. The first-order chi connectivity index (χ1) is 13.0. The number of hydrogen-bond acceptors (Lipinski definition) is 4. The van der Waals surface area contributed by atoms with Crippen LogP contribution in [0.5, 0.6) is 0 Å². The first-order valence-electron chi connectivity index (χ1n) is 9.58. The van der Waals surface area contributed by atoms with Crippen LogP contribution in [0.2, 0.25) is 0 Å². The largest absolute Gasteiger partial charge is 0.448 e. The molecule has 0 saturated heterocycles. The van der Waals surface area contributed by atoms with Gasteiger partial charge in [0.2, 0.25) is 0 Å². The van der Waals surface area contributed by atoms with E-state index in [0.29, 0.717) is 17.5 Å². The average molecular weight is 369 g/mol. The zero-order valence-corrected chi connectivity index (χ0v) is 16.1. The molecule has 1 amide bonds. The molecular weight excluding hydrogens is 342 g/mol. The summed E-state index contributed by atoms with van der Waals surface area (Å²) in [6.45, 7) is 5.98. The highest BCUT2D eigenvalue weighted by Gasteiger charge is 2.30. The Balaban J connectivity index is 1.57. The zero-order valence-electron chi connectivity index (χ0n) is 16.1. The zero-order chi connectivity index (χ0) is 19.4. The van der Waals surface area contributed by atoms with Gasteiger partial charge in [0, 0.05) is 11.6 Å². The maximum atomic E-state index is 12.4. The van der Waals surface area contributed by atoms with Gasteiger partial charge in [-0.05, 0) is 31.2 Å². The minimum absolute atomic E-state index is 0.138. The van der Waals surface area contributed by atoms with E-state index in [-0.39, 0.29) is 17.6 Å². The fourth-order valence-corrected chi connectivity index (χ4v) is 3.55.